The Hall–Kier alpha value is -1.39. The highest BCUT2D eigenvalue weighted by Gasteiger charge is 2.23. The smallest absolute Gasteiger partial charge is 0.264 e. The fourth-order valence-corrected chi connectivity index (χ4v) is 2.55. The summed E-state index contributed by atoms with van der Waals surface area (Å²) < 4.78 is 0. The van der Waals surface area contributed by atoms with Crippen molar-refractivity contribution in [2.45, 2.75) is 32.9 Å². The maximum absolute atomic E-state index is 11.2. The molecule has 0 saturated carbocycles. The summed E-state index contributed by atoms with van der Waals surface area (Å²) >= 11 is 12.2. The number of anilines is 1. The Labute approximate surface area is 127 Å². The van der Waals surface area contributed by atoms with Crippen molar-refractivity contribution in [3.8, 4) is 0 Å². The molecule has 0 spiro atoms. The lowest BCUT2D eigenvalue weighted by Crippen LogP contribution is -2.41. The van der Waals surface area contributed by atoms with E-state index in [-0.39, 0.29) is 11.1 Å². The predicted molar refractivity (Wildman–Crippen MR) is 83.8 cm³/mol. The van der Waals surface area contributed by atoms with Crippen LogP contribution in [-0.2, 0) is 6.54 Å². The minimum atomic E-state index is -0.151. The standard InChI is InChI=1S/C14H17Cl2N3O/c1-14(2,3)19(8-11-7-13(20)18-17-11)12-5-9(15)4-10(16)6-12/h4-7H,8H2,1-3H3,(H2,17,18,20). The molecular weight excluding hydrogens is 297 g/mol. The van der Waals surface area contributed by atoms with Crippen molar-refractivity contribution in [2.75, 3.05) is 4.90 Å². The van der Waals surface area contributed by atoms with E-state index in [1.54, 1.807) is 12.1 Å². The number of aromatic nitrogens is 2. The van der Waals surface area contributed by atoms with Gasteiger partial charge in [0.15, 0.2) is 0 Å². The summed E-state index contributed by atoms with van der Waals surface area (Å²) in [4.78, 5) is 13.3. The Morgan fingerprint density at radius 2 is 1.65 bits per heavy atom. The quantitative estimate of drug-likeness (QED) is 0.905. The molecule has 2 N–H and O–H groups in total. The fraction of sp³-hybridized carbons (Fsp3) is 0.357. The molecule has 108 valence electrons. The monoisotopic (exact) mass is 313 g/mol. The van der Waals surface area contributed by atoms with Crippen molar-refractivity contribution in [3.05, 3.63) is 50.4 Å². The van der Waals surface area contributed by atoms with Gasteiger partial charge in [0.1, 0.15) is 0 Å². The van der Waals surface area contributed by atoms with Crippen molar-refractivity contribution >= 4 is 28.9 Å². The number of nitrogens with one attached hydrogen (secondary N) is 2. The molecule has 0 radical (unpaired) electrons. The predicted octanol–water partition coefficient (Wildman–Crippen LogP) is 3.81. The maximum atomic E-state index is 11.2. The van der Waals surface area contributed by atoms with E-state index in [2.05, 4.69) is 35.9 Å². The van der Waals surface area contributed by atoms with Gasteiger partial charge < -0.3 is 10.00 Å². The van der Waals surface area contributed by atoms with Gasteiger partial charge in [-0.3, -0.25) is 9.89 Å². The minimum Gasteiger partial charge on any atom is -0.361 e. The van der Waals surface area contributed by atoms with Gasteiger partial charge in [-0.25, -0.2) is 0 Å². The van der Waals surface area contributed by atoms with Crippen LogP contribution in [0.4, 0.5) is 5.69 Å². The summed E-state index contributed by atoms with van der Waals surface area (Å²) in [5.74, 6) is 0. The highest BCUT2D eigenvalue weighted by atomic mass is 35.5. The zero-order chi connectivity index (χ0) is 14.9. The Morgan fingerprint density at radius 3 is 2.10 bits per heavy atom. The molecule has 0 saturated heterocycles. The van der Waals surface area contributed by atoms with E-state index in [0.29, 0.717) is 16.6 Å². The van der Waals surface area contributed by atoms with Gasteiger partial charge in [0, 0.05) is 27.3 Å². The van der Waals surface area contributed by atoms with Gasteiger partial charge in [0.25, 0.3) is 5.56 Å². The highest BCUT2D eigenvalue weighted by Crippen LogP contribution is 2.30. The molecule has 0 atom stereocenters. The van der Waals surface area contributed by atoms with Crippen molar-refractivity contribution in [1.29, 1.82) is 0 Å². The first-order valence-electron chi connectivity index (χ1n) is 6.26. The number of nitrogens with zero attached hydrogens (tertiary/aromatic N) is 1. The lowest BCUT2D eigenvalue weighted by molar-refractivity contribution is 0.497. The van der Waals surface area contributed by atoms with Crippen molar-refractivity contribution in [3.63, 3.8) is 0 Å². The van der Waals surface area contributed by atoms with Crippen LogP contribution in [0.3, 0.4) is 0 Å². The van der Waals surface area contributed by atoms with Gasteiger partial charge in [-0.15, -0.1) is 0 Å². The first-order valence-corrected chi connectivity index (χ1v) is 7.01. The molecule has 0 aliphatic rings. The highest BCUT2D eigenvalue weighted by molar-refractivity contribution is 6.35. The fourth-order valence-electron chi connectivity index (χ4n) is 2.04. The van der Waals surface area contributed by atoms with Gasteiger partial charge in [-0.2, -0.15) is 0 Å². The average molecular weight is 314 g/mol. The lowest BCUT2D eigenvalue weighted by Gasteiger charge is -2.37. The van der Waals surface area contributed by atoms with Crippen LogP contribution in [0.25, 0.3) is 0 Å². The maximum Gasteiger partial charge on any atom is 0.264 e. The second-order valence-electron chi connectivity index (χ2n) is 5.67. The summed E-state index contributed by atoms with van der Waals surface area (Å²) in [7, 11) is 0. The number of aromatic amines is 2. The van der Waals surface area contributed by atoms with Crippen LogP contribution in [0.5, 0.6) is 0 Å². The van der Waals surface area contributed by atoms with Gasteiger partial charge >= 0.3 is 0 Å². The molecule has 2 aromatic rings. The van der Waals surface area contributed by atoms with Crippen LogP contribution in [0.1, 0.15) is 26.5 Å². The van der Waals surface area contributed by atoms with Crippen LogP contribution >= 0.6 is 23.2 Å². The molecule has 20 heavy (non-hydrogen) atoms. The molecule has 4 nitrogen and oxygen atoms in total. The third kappa shape index (κ3) is 3.58. The molecule has 1 aromatic heterocycles. The molecule has 0 aliphatic carbocycles. The second kappa shape index (κ2) is 5.54. The Balaban J connectivity index is 2.39. The van der Waals surface area contributed by atoms with E-state index in [9.17, 15) is 4.79 Å². The Bertz CT molecular complexity index is 635. The van der Waals surface area contributed by atoms with Crippen molar-refractivity contribution in [2.24, 2.45) is 0 Å². The summed E-state index contributed by atoms with van der Waals surface area (Å²) in [6.45, 7) is 6.82. The van der Waals surface area contributed by atoms with E-state index in [1.807, 2.05) is 12.1 Å². The normalized spacial score (nSPS) is 11.7. The number of hydrogen-bond acceptors (Lipinski definition) is 2. The van der Waals surface area contributed by atoms with Crippen LogP contribution in [0, 0.1) is 0 Å². The van der Waals surface area contributed by atoms with Crippen molar-refractivity contribution in [1.82, 2.24) is 10.2 Å². The topological polar surface area (TPSA) is 51.9 Å². The van der Waals surface area contributed by atoms with E-state index in [1.165, 1.54) is 0 Å². The molecule has 6 heteroatoms. The van der Waals surface area contributed by atoms with E-state index in [4.69, 9.17) is 23.2 Å². The molecule has 2 rings (SSSR count). The molecule has 0 unspecified atom stereocenters. The molecule has 0 aliphatic heterocycles. The number of hydrogen-bond donors (Lipinski definition) is 2. The van der Waals surface area contributed by atoms with E-state index in [0.717, 1.165) is 11.4 Å². The number of benzene rings is 1. The van der Waals surface area contributed by atoms with Crippen molar-refractivity contribution < 1.29 is 0 Å². The average Bonchev–Trinajstić information content (AvgIpc) is 2.69. The third-order valence-electron chi connectivity index (χ3n) is 2.95. The number of rotatable bonds is 3. The van der Waals surface area contributed by atoms with E-state index >= 15 is 0 Å². The Kier molecular flexibility index (Phi) is 4.16. The zero-order valence-electron chi connectivity index (χ0n) is 11.6. The first-order chi connectivity index (χ1) is 9.25. The lowest BCUT2D eigenvalue weighted by atomic mass is 10.0. The molecule has 0 amide bonds. The third-order valence-corrected chi connectivity index (χ3v) is 3.39. The molecule has 1 heterocycles. The van der Waals surface area contributed by atoms with Crippen LogP contribution in [0.15, 0.2) is 29.1 Å². The summed E-state index contributed by atoms with van der Waals surface area (Å²) in [6.07, 6.45) is 0. The summed E-state index contributed by atoms with van der Waals surface area (Å²) in [5, 5.41) is 6.58. The largest absolute Gasteiger partial charge is 0.361 e. The molecule has 1 aromatic carbocycles. The molecule has 0 bridgehead atoms. The number of H-pyrrole nitrogens is 2. The first kappa shape index (κ1) is 15.0. The molecular formula is C14H17Cl2N3O. The number of halogens is 2. The van der Waals surface area contributed by atoms with Crippen LogP contribution < -0.4 is 10.5 Å². The Morgan fingerprint density at radius 1 is 1.05 bits per heavy atom. The van der Waals surface area contributed by atoms with Crippen LogP contribution in [-0.4, -0.2) is 15.7 Å². The summed E-state index contributed by atoms with van der Waals surface area (Å²) in [6, 6.07) is 6.98. The summed E-state index contributed by atoms with van der Waals surface area (Å²) in [5.41, 5.74) is 1.43. The zero-order valence-corrected chi connectivity index (χ0v) is 13.1. The second-order valence-corrected chi connectivity index (χ2v) is 6.54. The van der Waals surface area contributed by atoms with Gasteiger partial charge in [-0.05, 0) is 39.0 Å². The van der Waals surface area contributed by atoms with E-state index < -0.39 is 0 Å². The van der Waals surface area contributed by atoms with Gasteiger partial charge in [0.05, 0.1) is 12.2 Å². The van der Waals surface area contributed by atoms with Gasteiger partial charge in [-0.1, -0.05) is 23.2 Å². The molecule has 0 fully saturated rings. The van der Waals surface area contributed by atoms with Gasteiger partial charge in [0.2, 0.25) is 0 Å². The minimum absolute atomic E-state index is 0.141. The SMILES string of the molecule is CC(C)(C)N(Cc1cc(=O)[nH][nH]1)c1cc(Cl)cc(Cl)c1. The van der Waals surface area contributed by atoms with Crippen LogP contribution in [0.2, 0.25) is 10.0 Å².